The van der Waals surface area contributed by atoms with Crippen LogP contribution in [0.4, 0.5) is 4.39 Å². The maximum atomic E-state index is 15.4. The first kappa shape index (κ1) is 20.6. The van der Waals surface area contributed by atoms with E-state index >= 15 is 4.39 Å². The lowest BCUT2D eigenvalue weighted by atomic mass is 9.82. The molecule has 0 bridgehead atoms. The van der Waals surface area contributed by atoms with Crippen molar-refractivity contribution in [3.63, 3.8) is 0 Å². The average Bonchev–Trinajstić information content (AvgIpc) is 2.96. The summed E-state index contributed by atoms with van der Waals surface area (Å²) in [5.74, 6) is -3.80. The van der Waals surface area contributed by atoms with Crippen molar-refractivity contribution in [2.45, 2.75) is 50.7 Å². The Hall–Kier alpha value is -2.65. The molecule has 0 radical (unpaired) electrons. The van der Waals surface area contributed by atoms with Gasteiger partial charge in [0.05, 0.1) is 16.7 Å². The zero-order valence-electron chi connectivity index (χ0n) is 16.7. The summed E-state index contributed by atoms with van der Waals surface area (Å²) in [6.45, 7) is 4.18. The molecule has 30 heavy (non-hydrogen) atoms. The number of imide groups is 2. The second-order valence-corrected chi connectivity index (χ2v) is 8.17. The highest BCUT2D eigenvalue weighted by molar-refractivity contribution is 6.23. The molecule has 1 aromatic rings. The van der Waals surface area contributed by atoms with Crippen LogP contribution in [0, 0.1) is 5.82 Å². The van der Waals surface area contributed by atoms with Crippen LogP contribution < -0.4 is 5.32 Å². The zero-order valence-corrected chi connectivity index (χ0v) is 16.7. The number of piperidine rings is 2. The number of amides is 4. The van der Waals surface area contributed by atoms with E-state index in [1.807, 2.05) is 0 Å². The molecule has 0 saturated carbocycles. The molecule has 3 aliphatic rings. The number of hydrogen-bond donors (Lipinski definition) is 2. The summed E-state index contributed by atoms with van der Waals surface area (Å²) < 4.78 is 15.4. The largest absolute Gasteiger partial charge is 0.385 e. The molecule has 160 valence electrons. The van der Waals surface area contributed by atoms with E-state index in [1.165, 1.54) is 12.1 Å². The molecule has 4 amide bonds. The number of hydrogen-bond acceptors (Lipinski definition) is 6. The van der Waals surface area contributed by atoms with Crippen molar-refractivity contribution < 1.29 is 28.7 Å². The van der Waals surface area contributed by atoms with E-state index in [9.17, 15) is 24.3 Å². The van der Waals surface area contributed by atoms with Gasteiger partial charge in [-0.05, 0) is 38.3 Å². The van der Waals surface area contributed by atoms with Crippen molar-refractivity contribution in [1.29, 1.82) is 0 Å². The number of rotatable bonds is 4. The molecule has 0 spiro atoms. The molecule has 3 aliphatic heterocycles. The smallest absolute Gasteiger partial charge is 0.265 e. The van der Waals surface area contributed by atoms with Crippen LogP contribution in [0.1, 0.15) is 65.3 Å². The minimum atomic E-state index is -1.42. The van der Waals surface area contributed by atoms with E-state index in [0.29, 0.717) is 25.9 Å². The Morgan fingerprint density at radius 2 is 1.87 bits per heavy atom. The molecule has 9 heteroatoms. The SMILES string of the molecule is CCCN1CCC(O)(c2ccc3c(c2F)C(=O)N(C2CCC(=O)NC2=O)C3=O)CC1. The van der Waals surface area contributed by atoms with Crippen LogP contribution in [-0.2, 0) is 15.2 Å². The molecule has 2 saturated heterocycles. The Balaban J connectivity index is 1.64. The summed E-state index contributed by atoms with van der Waals surface area (Å²) in [7, 11) is 0. The molecule has 1 unspecified atom stereocenters. The quantitative estimate of drug-likeness (QED) is 0.706. The van der Waals surface area contributed by atoms with Gasteiger partial charge in [0.25, 0.3) is 11.8 Å². The van der Waals surface area contributed by atoms with Crippen LogP contribution in [0.2, 0.25) is 0 Å². The third kappa shape index (κ3) is 3.22. The Bertz CT molecular complexity index is 939. The lowest BCUT2D eigenvalue weighted by molar-refractivity contribution is -0.136. The summed E-state index contributed by atoms with van der Waals surface area (Å²) in [4.78, 5) is 52.2. The second-order valence-electron chi connectivity index (χ2n) is 8.17. The summed E-state index contributed by atoms with van der Waals surface area (Å²) in [5, 5.41) is 13.2. The molecule has 1 atom stereocenters. The van der Waals surface area contributed by atoms with Gasteiger partial charge in [-0.15, -0.1) is 0 Å². The van der Waals surface area contributed by atoms with Crippen molar-refractivity contribution >= 4 is 23.6 Å². The Kier molecular flexibility index (Phi) is 5.19. The van der Waals surface area contributed by atoms with Crippen LogP contribution in [0.5, 0.6) is 0 Å². The van der Waals surface area contributed by atoms with Gasteiger partial charge in [-0.25, -0.2) is 4.39 Å². The Morgan fingerprint density at radius 3 is 2.50 bits per heavy atom. The number of nitrogens with one attached hydrogen (secondary N) is 1. The number of benzene rings is 1. The molecule has 0 aliphatic carbocycles. The Labute approximate surface area is 173 Å². The third-order valence-electron chi connectivity index (χ3n) is 6.27. The molecule has 8 nitrogen and oxygen atoms in total. The molecule has 2 fully saturated rings. The molecular formula is C21H24FN3O5. The zero-order chi connectivity index (χ0) is 21.6. The van der Waals surface area contributed by atoms with Gasteiger partial charge in [0, 0.05) is 25.1 Å². The standard InChI is InChI=1S/C21H24FN3O5/c1-2-9-24-10-7-21(30,8-11-24)13-4-3-12-16(17(13)22)20(29)25(19(12)28)14-5-6-15(26)23-18(14)27/h3-4,14,30H,2,5-11H2,1H3,(H,23,26,27). The summed E-state index contributed by atoms with van der Waals surface area (Å²) in [6.07, 6.45) is 1.62. The monoisotopic (exact) mass is 417 g/mol. The summed E-state index contributed by atoms with van der Waals surface area (Å²) >= 11 is 0. The van der Waals surface area contributed by atoms with E-state index in [-0.39, 0.29) is 24.0 Å². The molecule has 2 N–H and O–H groups in total. The van der Waals surface area contributed by atoms with Crippen LogP contribution in [0.15, 0.2) is 12.1 Å². The van der Waals surface area contributed by atoms with Gasteiger partial charge in [-0.2, -0.15) is 0 Å². The van der Waals surface area contributed by atoms with Gasteiger partial charge < -0.3 is 10.0 Å². The number of aliphatic hydroxyl groups is 1. The first-order valence-electron chi connectivity index (χ1n) is 10.3. The molecule has 4 rings (SSSR count). The predicted octanol–water partition coefficient (Wildman–Crippen LogP) is 0.920. The molecule has 1 aromatic carbocycles. The van der Waals surface area contributed by atoms with Gasteiger partial charge in [0.1, 0.15) is 11.9 Å². The van der Waals surface area contributed by atoms with E-state index in [1.54, 1.807) is 0 Å². The van der Waals surface area contributed by atoms with E-state index in [2.05, 4.69) is 17.1 Å². The number of fused-ring (bicyclic) bond motifs is 1. The highest BCUT2D eigenvalue weighted by Crippen LogP contribution is 2.38. The topological polar surface area (TPSA) is 107 Å². The number of carbonyl (C=O) groups is 4. The van der Waals surface area contributed by atoms with Crippen LogP contribution in [0.25, 0.3) is 0 Å². The first-order valence-corrected chi connectivity index (χ1v) is 10.3. The first-order chi connectivity index (χ1) is 14.3. The van der Waals surface area contributed by atoms with E-state index in [4.69, 9.17) is 0 Å². The lowest BCUT2D eigenvalue weighted by Crippen LogP contribution is -2.54. The fourth-order valence-corrected chi connectivity index (χ4v) is 4.61. The summed E-state index contributed by atoms with van der Waals surface area (Å²) in [6, 6.07) is 1.55. The van der Waals surface area contributed by atoms with Gasteiger partial charge >= 0.3 is 0 Å². The minimum absolute atomic E-state index is 0.00180. The number of likely N-dealkylation sites (tertiary alicyclic amines) is 1. The minimum Gasteiger partial charge on any atom is -0.385 e. The maximum absolute atomic E-state index is 15.4. The fourth-order valence-electron chi connectivity index (χ4n) is 4.61. The van der Waals surface area contributed by atoms with Crippen molar-refractivity contribution in [3.8, 4) is 0 Å². The van der Waals surface area contributed by atoms with E-state index < -0.39 is 46.7 Å². The summed E-state index contributed by atoms with van der Waals surface area (Å²) in [5.41, 5.74) is -1.96. The average molecular weight is 417 g/mol. The van der Waals surface area contributed by atoms with Gasteiger partial charge in [-0.3, -0.25) is 29.4 Å². The Morgan fingerprint density at radius 1 is 1.17 bits per heavy atom. The molecule has 0 aromatic heterocycles. The maximum Gasteiger partial charge on any atom is 0.265 e. The van der Waals surface area contributed by atoms with Gasteiger partial charge in [0.2, 0.25) is 11.8 Å². The van der Waals surface area contributed by atoms with E-state index in [0.717, 1.165) is 17.9 Å². The van der Waals surface area contributed by atoms with Gasteiger partial charge in [0.15, 0.2) is 0 Å². The lowest BCUT2D eigenvalue weighted by Gasteiger charge is -2.38. The van der Waals surface area contributed by atoms with Crippen LogP contribution in [-0.4, -0.2) is 64.2 Å². The van der Waals surface area contributed by atoms with Crippen LogP contribution >= 0.6 is 0 Å². The van der Waals surface area contributed by atoms with Crippen LogP contribution in [0.3, 0.4) is 0 Å². The molecule has 3 heterocycles. The normalized spacial score (nSPS) is 24.2. The molecular weight excluding hydrogens is 393 g/mol. The van der Waals surface area contributed by atoms with Crippen molar-refractivity contribution in [3.05, 3.63) is 34.6 Å². The number of nitrogens with zero attached hydrogens (tertiary/aromatic N) is 2. The highest BCUT2D eigenvalue weighted by atomic mass is 19.1. The second kappa shape index (κ2) is 7.55. The van der Waals surface area contributed by atoms with Crippen molar-refractivity contribution in [1.82, 2.24) is 15.1 Å². The number of carbonyl (C=O) groups excluding carboxylic acids is 4. The van der Waals surface area contributed by atoms with Gasteiger partial charge in [-0.1, -0.05) is 13.0 Å². The number of halogens is 1. The predicted molar refractivity (Wildman–Crippen MR) is 103 cm³/mol. The fraction of sp³-hybridized carbons (Fsp3) is 0.524. The highest BCUT2D eigenvalue weighted by Gasteiger charge is 2.48. The van der Waals surface area contributed by atoms with Crippen molar-refractivity contribution in [2.24, 2.45) is 0 Å². The van der Waals surface area contributed by atoms with Crippen molar-refractivity contribution in [2.75, 3.05) is 19.6 Å². The third-order valence-corrected chi connectivity index (χ3v) is 6.27.